The largest absolute Gasteiger partial charge is 0.356 e. The Morgan fingerprint density at radius 2 is 1.69 bits per heavy atom. The van der Waals surface area contributed by atoms with Gasteiger partial charge >= 0.3 is 0 Å². The fourth-order valence-electron chi connectivity index (χ4n) is 4.41. The van der Waals surface area contributed by atoms with Crippen LogP contribution in [-0.4, -0.2) is 75.2 Å². The van der Waals surface area contributed by atoms with Crippen molar-refractivity contribution in [3.8, 4) is 0 Å². The molecule has 1 aliphatic carbocycles. The van der Waals surface area contributed by atoms with Crippen LogP contribution in [0.5, 0.6) is 0 Å². The topological polar surface area (TPSA) is 42.9 Å². The molecule has 1 atom stereocenters. The number of hydrogen-bond acceptors (Lipinski definition) is 3. The van der Waals surface area contributed by atoms with Crippen LogP contribution in [0.25, 0.3) is 0 Å². The van der Waals surface area contributed by atoms with Crippen molar-refractivity contribution in [2.24, 2.45) is 16.3 Å². The van der Waals surface area contributed by atoms with E-state index in [1.807, 2.05) is 7.05 Å². The Morgan fingerprint density at radius 3 is 2.19 bits per heavy atom. The highest BCUT2D eigenvalue weighted by Gasteiger charge is 2.32. The lowest BCUT2D eigenvalue weighted by atomic mass is 9.83. The summed E-state index contributed by atoms with van der Waals surface area (Å²) < 4.78 is 0. The Kier molecular flexibility index (Phi) is 10.8. The van der Waals surface area contributed by atoms with Gasteiger partial charge in [-0.1, -0.05) is 33.6 Å². The smallest absolute Gasteiger partial charge is 0.191 e. The molecule has 1 saturated carbocycles. The first-order valence-electron chi connectivity index (χ1n) is 10.4. The van der Waals surface area contributed by atoms with E-state index < -0.39 is 0 Å². The summed E-state index contributed by atoms with van der Waals surface area (Å²) >= 11 is 0. The van der Waals surface area contributed by atoms with Crippen LogP contribution in [0.2, 0.25) is 0 Å². The van der Waals surface area contributed by atoms with Crippen molar-refractivity contribution in [3.63, 3.8) is 0 Å². The van der Waals surface area contributed by atoms with Crippen molar-refractivity contribution < 1.29 is 0 Å². The van der Waals surface area contributed by atoms with Gasteiger partial charge in [0.25, 0.3) is 0 Å². The summed E-state index contributed by atoms with van der Waals surface area (Å²) in [5.41, 5.74) is 0.493. The normalized spacial score (nSPS) is 22.9. The minimum atomic E-state index is 0. The van der Waals surface area contributed by atoms with Gasteiger partial charge in [0.2, 0.25) is 0 Å². The molecule has 2 N–H and O–H groups in total. The van der Waals surface area contributed by atoms with Crippen LogP contribution in [0.4, 0.5) is 0 Å². The second-order valence-corrected chi connectivity index (χ2v) is 8.52. The van der Waals surface area contributed by atoms with Gasteiger partial charge in [0.05, 0.1) is 0 Å². The number of aliphatic imine (C=N–C) groups is 1. The fraction of sp³-hybridized carbons (Fsp3) is 0.950. The number of nitrogens with one attached hydrogen (secondary N) is 2. The van der Waals surface area contributed by atoms with Crippen molar-refractivity contribution in [3.05, 3.63) is 0 Å². The first-order chi connectivity index (χ1) is 12.0. The Balaban J connectivity index is 0.00000338. The van der Waals surface area contributed by atoms with Gasteiger partial charge in [-0.15, -0.1) is 24.0 Å². The third kappa shape index (κ3) is 6.82. The van der Waals surface area contributed by atoms with Gasteiger partial charge in [-0.2, -0.15) is 0 Å². The van der Waals surface area contributed by atoms with Crippen LogP contribution < -0.4 is 10.6 Å². The Morgan fingerprint density at radius 1 is 1.08 bits per heavy atom. The number of nitrogens with zero attached hydrogens (tertiary/aromatic N) is 3. The lowest BCUT2D eigenvalue weighted by Crippen LogP contribution is -2.55. The maximum atomic E-state index is 4.47. The summed E-state index contributed by atoms with van der Waals surface area (Å²) in [5.74, 6) is 1.62. The zero-order valence-electron chi connectivity index (χ0n) is 17.7. The highest BCUT2D eigenvalue weighted by molar-refractivity contribution is 14.0. The van der Waals surface area contributed by atoms with E-state index in [2.05, 4.69) is 53.2 Å². The SMILES string of the molecule is CCC1(CNC(=NC)NCC(C(C)C)N2CCN(C)CC2)CCCC1.I. The molecular weight excluding hydrogens is 437 g/mol. The molecule has 0 bridgehead atoms. The van der Waals surface area contributed by atoms with E-state index >= 15 is 0 Å². The van der Waals surface area contributed by atoms with Crippen molar-refractivity contribution in [2.75, 3.05) is 53.4 Å². The molecule has 0 aromatic carbocycles. The zero-order chi connectivity index (χ0) is 18.3. The summed E-state index contributed by atoms with van der Waals surface area (Å²) in [6.07, 6.45) is 6.78. The van der Waals surface area contributed by atoms with E-state index in [1.165, 1.54) is 58.3 Å². The van der Waals surface area contributed by atoms with Crippen molar-refractivity contribution in [1.29, 1.82) is 0 Å². The van der Waals surface area contributed by atoms with Gasteiger partial charge in [0.1, 0.15) is 0 Å². The average molecular weight is 479 g/mol. The van der Waals surface area contributed by atoms with Crippen molar-refractivity contribution >= 4 is 29.9 Å². The summed E-state index contributed by atoms with van der Waals surface area (Å²) in [5, 5.41) is 7.23. The molecule has 0 radical (unpaired) electrons. The Labute approximate surface area is 178 Å². The predicted molar refractivity (Wildman–Crippen MR) is 124 cm³/mol. The molecule has 2 fully saturated rings. The van der Waals surface area contributed by atoms with Gasteiger partial charge in [-0.05, 0) is 37.6 Å². The Hall–Kier alpha value is -0.0800. The third-order valence-corrected chi connectivity index (χ3v) is 6.52. The van der Waals surface area contributed by atoms with Gasteiger partial charge < -0.3 is 15.5 Å². The molecule has 1 heterocycles. The standard InChI is InChI=1S/C20H41N5.HI/c1-6-20(9-7-8-10-20)16-23-19(21-4)22-15-18(17(2)3)25-13-11-24(5)12-14-25;/h17-18H,6-16H2,1-5H3,(H2,21,22,23);1H. The molecular formula is C20H42IN5. The van der Waals surface area contributed by atoms with Gasteiger partial charge in [-0.3, -0.25) is 9.89 Å². The van der Waals surface area contributed by atoms with E-state index in [0.717, 1.165) is 19.0 Å². The number of guanidine groups is 1. The molecule has 6 heteroatoms. The van der Waals surface area contributed by atoms with Crippen LogP contribution in [-0.2, 0) is 0 Å². The lowest BCUT2D eigenvalue weighted by Gasteiger charge is -2.40. The maximum absolute atomic E-state index is 4.47. The third-order valence-electron chi connectivity index (χ3n) is 6.52. The molecule has 1 saturated heterocycles. The monoisotopic (exact) mass is 479 g/mol. The van der Waals surface area contributed by atoms with Crippen molar-refractivity contribution in [1.82, 2.24) is 20.4 Å². The summed E-state index contributed by atoms with van der Waals surface area (Å²) in [4.78, 5) is 9.54. The predicted octanol–water partition coefficient (Wildman–Crippen LogP) is 3.01. The van der Waals surface area contributed by atoms with Crippen LogP contribution in [0.15, 0.2) is 4.99 Å². The quantitative estimate of drug-likeness (QED) is 0.335. The molecule has 1 unspecified atom stereocenters. The van der Waals surface area contributed by atoms with E-state index in [9.17, 15) is 0 Å². The summed E-state index contributed by atoms with van der Waals surface area (Å²) in [6.45, 7) is 13.7. The van der Waals surface area contributed by atoms with Crippen LogP contribution in [0.1, 0.15) is 52.9 Å². The number of piperazine rings is 1. The fourth-order valence-corrected chi connectivity index (χ4v) is 4.41. The van der Waals surface area contributed by atoms with Crippen LogP contribution in [0.3, 0.4) is 0 Å². The van der Waals surface area contributed by atoms with E-state index in [4.69, 9.17) is 0 Å². The van der Waals surface area contributed by atoms with Crippen LogP contribution >= 0.6 is 24.0 Å². The molecule has 1 aliphatic heterocycles. The summed E-state index contributed by atoms with van der Waals surface area (Å²) in [7, 11) is 4.11. The first kappa shape index (κ1) is 24.0. The van der Waals surface area contributed by atoms with E-state index in [0.29, 0.717) is 17.4 Å². The lowest BCUT2D eigenvalue weighted by molar-refractivity contribution is 0.0899. The van der Waals surface area contributed by atoms with E-state index in [1.54, 1.807) is 0 Å². The van der Waals surface area contributed by atoms with E-state index in [-0.39, 0.29) is 24.0 Å². The molecule has 154 valence electrons. The number of rotatable bonds is 7. The zero-order valence-corrected chi connectivity index (χ0v) is 20.0. The second-order valence-electron chi connectivity index (χ2n) is 8.52. The first-order valence-corrected chi connectivity index (χ1v) is 10.4. The molecule has 0 aromatic rings. The number of halogens is 1. The van der Waals surface area contributed by atoms with Crippen LogP contribution in [0, 0.1) is 11.3 Å². The molecule has 2 aliphatic rings. The Bertz CT molecular complexity index is 412. The van der Waals surface area contributed by atoms with Crippen molar-refractivity contribution in [2.45, 2.75) is 58.9 Å². The highest BCUT2D eigenvalue weighted by Crippen LogP contribution is 2.40. The van der Waals surface area contributed by atoms with Gasteiger partial charge in [-0.25, -0.2) is 0 Å². The average Bonchev–Trinajstić information content (AvgIpc) is 3.08. The minimum Gasteiger partial charge on any atom is -0.356 e. The molecule has 5 nitrogen and oxygen atoms in total. The minimum absolute atomic E-state index is 0. The molecule has 2 rings (SSSR count). The van der Waals surface area contributed by atoms with Gasteiger partial charge in [0, 0.05) is 52.4 Å². The number of likely N-dealkylation sites (N-methyl/N-ethyl adjacent to an activating group) is 1. The molecule has 26 heavy (non-hydrogen) atoms. The molecule has 0 spiro atoms. The molecule has 0 aromatic heterocycles. The maximum Gasteiger partial charge on any atom is 0.191 e. The second kappa shape index (κ2) is 11.7. The van der Waals surface area contributed by atoms with Gasteiger partial charge in [0.15, 0.2) is 5.96 Å². The summed E-state index contributed by atoms with van der Waals surface area (Å²) in [6, 6.07) is 0.568. The highest BCUT2D eigenvalue weighted by atomic mass is 127. The number of hydrogen-bond donors (Lipinski definition) is 2. The molecule has 0 amide bonds.